The molecule has 3 nitrogen and oxygen atoms in total. The standard InChI is InChI=1S/C13H20O3/c1-3-4-5-6-7-8-10-16-11-9-12(2)13(14)15/h3,7-8H,1-2,4-6,9-11H2,(H,14,15)/b8-7+. The highest BCUT2D eigenvalue weighted by Gasteiger charge is 2.01. The van der Waals surface area contributed by atoms with Gasteiger partial charge in [-0.25, -0.2) is 4.79 Å². The summed E-state index contributed by atoms with van der Waals surface area (Å²) in [5, 5.41) is 8.53. The summed E-state index contributed by atoms with van der Waals surface area (Å²) < 4.78 is 5.23. The lowest BCUT2D eigenvalue weighted by atomic mass is 10.2. The van der Waals surface area contributed by atoms with Crippen molar-refractivity contribution in [3.8, 4) is 0 Å². The predicted octanol–water partition coefficient (Wildman–Crippen LogP) is 2.95. The van der Waals surface area contributed by atoms with Crippen LogP contribution in [-0.2, 0) is 9.53 Å². The van der Waals surface area contributed by atoms with Gasteiger partial charge in [-0.05, 0) is 19.3 Å². The van der Waals surface area contributed by atoms with Crippen LogP contribution in [0.2, 0.25) is 0 Å². The number of rotatable bonds is 10. The monoisotopic (exact) mass is 224 g/mol. The van der Waals surface area contributed by atoms with E-state index in [-0.39, 0.29) is 5.57 Å². The molecule has 0 spiro atoms. The van der Waals surface area contributed by atoms with E-state index in [0.717, 1.165) is 19.3 Å². The Morgan fingerprint density at radius 1 is 1.31 bits per heavy atom. The van der Waals surface area contributed by atoms with Crippen molar-refractivity contribution in [3.63, 3.8) is 0 Å². The second kappa shape index (κ2) is 10.2. The molecule has 0 aromatic carbocycles. The number of aliphatic carboxylic acids is 1. The van der Waals surface area contributed by atoms with Gasteiger partial charge in [0.2, 0.25) is 0 Å². The quantitative estimate of drug-likeness (QED) is 0.352. The second-order valence-electron chi connectivity index (χ2n) is 3.42. The molecule has 0 aromatic heterocycles. The maximum atomic E-state index is 10.4. The minimum atomic E-state index is -0.955. The normalized spacial score (nSPS) is 10.5. The minimum Gasteiger partial charge on any atom is -0.478 e. The molecule has 16 heavy (non-hydrogen) atoms. The van der Waals surface area contributed by atoms with E-state index in [0.29, 0.717) is 19.6 Å². The maximum absolute atomic E-state index is 10.4. The van der Waals surface area contributed by atoms with Gasteiger partial charge in [-0.3, -0.25) is 0 Å². The second-order valence-corrected chi connectivity index (χ2v) is 3.42. The van der Waals surface area contributed by atoms with Crippen LogP contribution in [0, 0.1) is 0 Å². The van der Waals surface area contributed by atoms with Gasteiger partial charge in [-0.1, -0.05) is 24.8 Å². The summed E-state index contributed by atoms with van der Waals surface area (Å²) in [5.74, 6) is -0.955. The molecule has 0 fully saturated rings. The van der Waals surface area contributed by atoms with Crippen LogP contribution >= 0.6 is 0 Å². The molecule has 1 N–H and O–H groups in total. The number of carbonyl (C=O) groups is 1. The largest absolute Gasteiger partial charge is 0.478 e. The summed E-state index contributed by atoms with van der Waals surface area (Å²) in [6.45, 7) is 7.99. The van der Waals surface area contributed by atoms with Crippen molar-refractivity contribution in [1.82, 2.24) is 0 Å². The van der Waals surface area contributed by atoms with E-state index in [1.165, 1.54) is 0 Å². The Bertz CT molecular complexity index is 254. The van der Waals surface area contributed by atoms with Crippen LogP contribution in [-0.4, -0.2) is 24.3 Å². The molecule has 0 saturated carbocycles. The highest BCUT2D eigenvalue weighted by atomic mass is 16.5. The first-order valence-corrected chi connectivity index (χ1v) is 5.43. The molecule has 0 heterocycles. The molecule has 0 aromatic rings. The Kier molecular flexibility index (Phi) is 9.32. The summed E-state index contributed by atoms with van der Waals surface area (Å²) in [4.78, 5) is 10.4. The SMILES string of the molecule is C=CCCC/C=C/COCCC(=C)C(=O)O. The topological polar surface area (TPSA) is 46.5 Å². The van der Waals surface area contributed by atoms with E-state index < -0.39 is 5.97 Å². The highest BCUT2D eigenvalue weighted by Crippen LogP contribution is 1.99. The minimum absolute atomic E-state index is 0.190. The molecule has 0 amide bonds. The number of ether oxygens (including phenoxy) is 1. The summed E-state index contributed by atoms with van der Waals surface area (Å²) in [5.41, 5.74) is 0.190. The van der Waals surface area contributed by atoms with E-state index in [2.05, 4.69) is 19.2 Å². The van der Waals surface area contributed by atoms with Crippen molar-refractivity contribution in [2.75, 3.05) is 13.2 Å². The molecule has 0 unspecified atom stereocenters. The van der Waals surface area contributed by atoms with Gasteiger partial charge in [0.25, 0.3) is 0 Å². The molecule has 3 heteroatoms. The van der Waals surface area contributed by atoms with Gasteiger partial charge >= 0.3 is 5.97 Å². The molecule has 0 aliphatic carbocycles. The van der Waals surface area contributed by atoms with E-state index in [1.54, 1.807) is 0 Å². The smallest absolute Gasteiger partial charge is 0.331 e. The molecule has 0 atom stereocenters. The first-order valence-electron chi connectivity index (χ1n) is 5.43. The third kappa shape index (κ3) is 9.21. The summed E-state index contributed by atoms with van der Waals surface area (Å²) in [6, 6.07) is 0. The van der Waals surface area contributed by atoms with Crippen molar-refractivity contribution in [2.24, 2.45) is 0 Å². The summed E-state index contributed by atoms with van der Waals surface area (Å²) >= 11 is 0. The number of hydrogen-bond acceptors (Lipinski definition) is 2. The van der Waals surface area contributed by atoms with Crippen molar-refractivity contribution in [2.45, 2.75) is 25.7 Å². The van der Waals surface area contributed by atoms with Gasteiger partial charge in [0, 0.05) is 12.0 Å². The molecule has 90 valence electrons. The van der Waals surface area contributed by atoms with E-state index in [9.17, 15) is 4.79 Å². The molecule has 0 bridgehead atoms. The Morgan fingerprint density at radius 3 is 2.69 bits per heavy atom. The van der Waals surface area contributed by atoms with Gasteiger partial charge in [0.1, 0.15) is 0 Å². The Balaban J connectivity index is 3.29. The van der Waals surface area contributed by atoms with Crippen molar-refractivity contribution < 1.29 is 14.6 Å². The van der Waals surface area contributed by atoms with Crippen LogP contribution in [0.25, 0.3) is 0 Å². The van der Waals surface area contributed by atoms with Gasteiger partial charge < -0.3 is 9.84 Å². The molecule has 0 saturated heterocycles. The Hall–Kier alpha value is -1.35. The van der Waals surface area contributed by atoms with E-state index >= 15 is 0 Å². The van der Waals surface area contributed by atoms with Crippen LogP contribution in [0.5, 0.6) is 0 Å². The average molecular weight is 224 g/mol. The van der Waals surface area contributed by atoms with Gasteiger partial charge in [-0.2, -0.15) is 0 Å². The van der Waals surface area contributed by atoms with Crippen LogP contribution in [0.3, 0.4) is 0 Å². The highest BCUT2D eigenvalue weighted by molar-refractivity contribution is 5.85. The molecule has 0 rings (SSSR count). The average Bonchev–Trinajstić information content (AvgIpc) is 2.26. The lowest BCUT2D eigenvalue weighted by molar-refractivity contribution is -0.132. The molecule has 0 radical (unpaired) electrons. The number of allylic oxidation sites excluding steroid dienone is 2. The first-order chi connectivity index (χ1) is 7.68. The first kappa shape index (κ1) is 14.6. The fourth-order valence-corrected chi connectivity index (χ4v) is 1.02. The van der Waals surface area contributed by atoms with Crippen LogP contribution in [0.4, 0.5) is 0 Å². The summed E-state index contributed by atoms with van der Waals surface area (Å²) in [6.07, 6.45) is 9.46. The van der Waals surface area contributed by atoms with Gasteiger partial charge in [-0.15, -0.1) is 6.58 Å². The van der Waals surface area contributed by atoms with E-state index in [4.69, 9.17) is 9.84 Å². The lowest BCUT2D eigenvalue weighted by Crippen LogP contribution is -2.03. The lowest BCUT2D eigenvalue weighted by Gasteiger charge is -2.00. The third-order valence-corrected chi connectivity index (χ3v) is 2.01. The fourth-order valence-electron chi connectivity index (χ4n) is 1.02. The van der Waals surface area contributed by atoms with Crippen LogP contribution in [0.15, 0.2) is 37.0 Å². The van der Waals surface area contributed by atoms with Gasteiger partial charge in [0.15, 0.2) is 0 Å². The van der Waals surface area contributed by atoms with Crippen molar-refractivity contribution >= 4 is 5.97 Å². The van der Waals surface area contributed by atoms with Crippen LogP contribution in [0.1, 0.15) is 25.7 Å². The zero-order valence-electron chi connectivity index (χ0n) is 9.65. The number of hydrogen-bond donors (Lipinski definition) is 1. The Labute approximate surface area is 97.1 Å². The number of carboxylic acids is 1. The zero-order chi connectivity index (χ0) is 12.2. The number of carboxylic acid groups (broad SMARTS) is 1. The fraction of sp³-hybridized carbons (Fsp3) is 0.462. The van der Waals surface area contributed by atoms with Gasteiger partial charge in [0.05, 0.1) is 13.2 Å². The maximum Gasteiger partial charge on any atom is 0.331 e. The van der Waals surface area contributed by atoms with Crippen molar-refractivity contribution in [3.05, 3.63) is 37.0 Å². The zero-order valence-corrected chi connectivity index (χ0v) is 9.65. The summed E-state index contributed by atoms with van der Waals surface area (Å²) in [7, 11) is 0. The number of unbranched alkanes of at least 4 members (excludes halogenated alkanes) is 2. The molecular formula is C13H20O3. The molecular weight excluding hydrogens is 204 g/mol. The van der Waals surface area contributed by atoms with E-state index in [1.807, 2.05) is 12.2 Å². The van der Waals surface area contributed by atoms with Crippen molar-refractivity contribution in [1.29, 1.82) is 0 Å². The predicted molar refractivity (Wildman–Crippen MR) is 65.4 cm³/mol. The van der Waals surface area contributed by atoms with Crippen LogP contribution < -0.4 is 0 Å². The molecule has 0 aliphatic heterocycles. The third-order valence-electron chi connectivity index (χ3n) is 2.01. The Morgan fingerprint density at radius 2 is 2.06 bits per heavy atom. The molecule has 0 aliphatic rings.